The van der Waals surface area contributed by atoms with E-state index in [4.69, 9.17) is 0 Å². The van der Waals surface area contributed by atoms with Crippen LogP contribution in [-0.2, 0) is 10.5 Å². The Morgan fingerprint density at radius 3 is 2.92 bits per heavy atom. The standard InChI is InChI=1S/C16H16N4O2S2/c1-10-5-3-4-6-13(10)18-14(21)9-23-8-12-7-15(22)20-16(17-12)24-11(2)19-20/h3-7H,8-9H2,1-2H3,(H,18,21). The summed E-state index contributed by atoms with van der Waals surface area (Å²) in [4.78, 5) is 29.0. The van der Waals surface area contributed by atoms with E-state index in [-0.39, 0.29) is 11.5 Å². The predicted molar refractivity (Wildman–Crippen MR) is 97.8 cm³/mol. The summed E-state index contributed by atoms with van der Waals surface area (Å²) in [6.45, 7) is 3.79. The summed E-state index contributed by atoms with van der Waals surface area (Å²) in [6.07, 6.45) is 0. The van der Waals surface area contributed by atoms with E-state index in [1.807, 2.05) is 38.1 Å². The molecule has 0 atom stereocenters. The highest BCUT2D eigenvalue weighted by atomic mass is 32.2. The number of hydrogen-bond acceptors (Lipinski definition) is 6. The minimum absolute atomic E-state index is 0.0688. The number of aromatic nitrogens is 3. The van der Waals surface area contributed by atoms with E-state index >= 15 is 0 Å². The number of carbonyl (C=O) groups excluding carboxylic acids is 1. The fraction of sp³-hybridized carbons (Fsp3) is 0.250. The van der Waals surface area contributed by atoms with Crippen LogP contribution in [0.5, 0.6) is 0 Å². The lowest BCUT2D eigenvalue weighted by molar-refractivity contribution is -0.113. The SMILES string of the molecule is Cc1nn2c(=O)cc(CSCC(=O)Nc3ccccc3C)nc2s1. The fourth-order valence-corrected chi connectivity index (χ4v) is 3.66. The van der Waals surface area contributed by atoms with Crippen LogP contribution in [0.25, 0.3) is 4.96 Å². The minimum Gasteiger partial charge on any atom is -0.325 e. The van der Waals surface area contributed by atoms with Gasteiger partial charge in [0.15, 0.2) is 0 Å². The van der Waals surface area contributed by atoms with Crippen LogP contribution in [0.4, 0.5) is 5.69 Å². The van der Waals surface area contributed by atoms with E-state index in [9.17, 15) is 9.59 Å². The number of para-hydroxylation sites is 1. The van der Waals surface area contributed by atoms with Gasteiger partial charge < -0.3 is 5.32 Å². The van der Waals surface area contributed by atoms with Gasteiger partial charge in [0, 0.05) is 17.5 Å². The van der Waals surface area contributed by atoms with Crippen molar-refractivity contribution in [3.05, 3.63) is 57.0 Å². The van der Waals surface area contributed by atoms with Crippen LogP contribution in [-0.4, -0.2) is 26.3 Å². The van der Waals surface area contributed by atoms with Gasteiger partial charge in [-0.05, 0) is 25.5 Å². The van der Waals surface area contributed by atoms with Gasteiger partial charge in [-0.3, -0.25) is 9.59 Å². The van der Waals surface area contributed by atoms with Crippen molar-refractivity contribution in [1.29, 1.82) is 0 Å². The number of benzene rings is 1. The second kappa shape index (κ2) is 7.14. The molecule has 3 aromatic rings. The first-order valence-electron chi connectivity index (χ1n) is 7.32. The van der Waals surface area contributed by atoms with Gasteiger partial charge in [-0.15, -0.1) is 11.8 Å². The lowest BCUT2D eigenvalue weighted by Crippen LogP contribution is -2.16. The Bertz CT molecular complexity index is 949. The maximum atomic E-state index is 12.0. The molecule has 1 amide bonds. The molecule has 3 rings (SSSR count). The third-order valence-electron chi connectivity index (χ3n) is 3.30. The van der Waals surface area contributed by atoms with Crippen molar-refractivity contribution >= 4 is 39.7 Å². The van der Waals surface area contributed by atoms with E-state index in [1.165, 1.54) is 33.7 Å². The molecule has 8 heteroatoms. The molecule has 0 spiro atoms. The molecule has 2 heterocycles. The Balaban J connectivity index is 1.59. The maximum absolute atomic E-state index is 12.0. The average Bonchev–Trinajstić information content (AvgIpc) is 2.91. The monoisotopic (exact) mass is 360 g/mol. The minimum atomic E-state index is -0.190. The van der Waals surface area contributed by atoms with Crippen LogP contribution in [0.2, 0.25) is 0 Å². The maximum Gasteiger partial charge on any atom is 0.275 e. The number of nitrogens with one attached hydrogen (secondary N) is 1. The summed E-state index contributed by atoms with van der Waals surface area (Å²) in [5, 5.41) is 7.79. The predicted octanol–water partition coefficient (Wildman–Crippen LogP) is 2.64. The van der Waals surface area contributed by atoms with Crippen molar-refractivity contribution in [2.75, 3.05) is 11.1 Å². The normalized spacial score (nSPS) is 10.9. The number of nitrogens with zero attached hydrogens (tertiary/aromatic N) is 3. The molecule has 0 aliphatic carbocycles. The van der Waals surface area contributed by atoms with Gasteiger partial charge in [0.2, 0.25) is 10.9 Å². The van der Waals surface area contributed by atoms with Crippen molar-refractivity contribution in [2.45, 2.75) is 19.6 Å². The number of rotatable bonds is 5. The van der Waals surface area contributed by atoms with Crippen LogP contribution in [0, 0.1) is 13.8 Å². The van der Waals surface area contributed by atoms with E-state index in [0.717, 1.165) is 16.3 Å². The quantitative estimate of drug-likeness (QED) is 0.757. The molecule has 0 aliphatic rings. The number of aryl methyl sites for hydroxylation is 2. The third kappa shape index (κ3) is 3.82. The largest absolute Gasteiger partial charge is 0.325 e. The first kappa shape index (κ1) is 16.7. The van der Waals surface area contributed by atoms with Crippen LogP contribution in [0.3, 0.4) is 0 Å². The molecule has 1 N–H and O–H groups in total. The van der Waals surface area contributed by atoms with Crippen LogP contribution < -0.4 is 10.9 Å². The lowest BCUT2D eigenvalue weighted by atomic mass is 10.2. The van der Waals surface area contributed by atoms with E-state index in [2.05, 4.69) is 15.4 Å². The number of thioether (sulfide) groups is 1. The van der Waals surface area contributed by atoms with Gasteiger partial charge in [0.1, 0.15) is 5.01 Å². The number of fused-ring (bicyclic) bond motifs is 1. The molecule has 0 aliphatic heterocycles. The molecule has 0 fully saturated rings. The zero-order valence-electron chi connectivity index (χ0n) is 13.3. The summed E-state index contributed by atoms with van der Waals surface area (Å²) in [6, 6.07) is 9.12. The molecule has 0 bridgehead atoms. The summed E-state index contributed by atoms with van der Waals surface area (Å²) < 4.78 is 1.30. The van der Waals surface area contributed by atoms with Gasteiger partial charge >= 0.3 is 0 Å². The van der Waals surface area contributed by atoms with Crippen molar-refractivity contribution < 1.29 is 4.79 Å². The second-order valence-corrected chi connectivity index (χ2v) is 7.40. The van der Waals surface area contributed by atoms with Crippen LogP contribution in [0.15, 0.2) is 35.1 Å². The zero-order valence-corrected chi connectivity index (χ0v) is 14.9. The Kier molecular flexibility index (Phi) is 4.96. The smallest absolute Gasteiger partial charge is 0.275 e. The van der Waals surface area contributed by atoms with Crippen molar-refractivity contribution in [2.24, 2.45) is 0 Å². The molecule has 2 aromatic heterocycles. The van der Waals surface area contributed by atoms with E-state index in [1.54, 1.807) is 0 Å². The fourth-order valence-electron chi connectivity index (χ4n) is 2.17. The second-order valence-electron chi connectivity index (χ2n) is 5.26. The topological polar surface area (TPSA) is 76.4 Å². The van der Waals surface area contributed by atoms with Gasteiger partial charge in [0.05, 0.1) is 11.4 Å². The highest BCUT2D eigenvalue weighted by Crippen LogP contribution is 2.16. The molecular formula is C16H16N4O2S2. The Morgan fingerprint density at radius 2 is 2.12 bits per heavy atom. The highest BCUT2D eigenvalue weighted by molar-refractivity contribution is 7.99. The lowest BCUT2D eigenvalue weighted by Gasteiger charge is -2.07. The molecule has 0 unspecified atom stereocenters. The number of anilines is 1. The number of carbonyl (C=O) groups is 1. The summed E-state index contributed by atoms with van der Waals surface area (Å²) in [5.41, 5.74) is 2.32. The first-order valence-corrected chi connectivity index (χ1v) is 9.29. The van der Waals surface area contributed by atoms with Gasteiger partial charge in [-0.25, -0.2) is 4.98 Å². The summed E-state index contributed by atoms with van der Waals surface area (Å²) in [7, 11) is 0. The molecule has 6 nitrogen and oxygen atoms in total. The number of amides is 1. The molecule has 0 saturated carbocycles. The Labute approximate surface area is 146 Å². The van der Waals surface area contributed by atoms with Gasteiger partial charge in [-0.2, -0.15) is 9.61 Å². The van der Waals surface area contributed by atoms with Crippen LogP contribution >= 0.6 is 23.1 Å². The van der Waals surface area contributed by atoms with Gasteiger partial charge in [-0.1, -0.05) is 29.5 Å². The molecule has 0 saturated heterocycles. The molecule has 24 heavy (non-hydrogen) atoms. The van der Waals surface area contributed by atoms with Crippen LogP contribution in [0.1, 0.15) is 16.3 Å². The molecular weight excluding hydrogens is 344 g/mol. The highest BCUT2D eigenvalue weighted by Gasteiger charge is 2.09. The average molecular weight is 360 g/mol. The zero-order chi connectivity index (χ0) is 17.1. The van der Waals surface area contributed by atoms with Crippen molar-refractivity contribution in [3.63, 3.8) is 0 Å². The van der Waals surface area contributed by atoms with Crippen molar-refractivity contribution in [3.8, 4) is 0 Å². The summed E-state index contributed by atoms with van der Waals surface area (Å²) in [5.74, 6) is 0.738. The first-order chi connectivity index (χ1) is 11.5. The van der Waals surface area contributed by atoms with Gasteiger partial charge in [0.25, 0.3) is 5.56 Å². The molecule has 0 radical (unpaired) electrons. The molecule has 124 valence electrons. The Hall–Kier alpha value is -2.19. The van der Waals surface area contributed by atoms with E-state index < -0.39 is 0 Å². The Morgan fingerprint density at radius 1 is 1.33 bits per heavy atom. The number of hydrogen-bond donors (Lipinski definition) is 1. The van der Waals surface area contributed by atoms with Crippen molar-refractivity contribution in [1.82, 2.24) is 14.6 Å². The molecule has 1 aromatic carbocycles. The summed E-state index contributed by atoms with van der Waals surface area (Å²) >= 11 is 2.80. The van der Waals surface area contributed by atoms with E-state index in [0.29, 0.717) is 22.2 Å². The third-order valence-corrected chi connectivity index (χ3v) is 5.09.